The lowest BCUT2D eigenvalue weighted by Crippen LogP contribution is -2.21. The molecule has 2 aromatic rings. The van der Waals surface area contributed by atoms with Gasteiger partial charge in [0.15, 0.2) is 0 Å². The van der Waals surface area contributed by atoms with Crippen LogP contribution in [-0.4, -0.2) is 26.9 Å². The van der Waals surface area contributed by atoms with Crippen LogP contribution in [0.4, 0.5) is 0 Å². The molecule has 120 valence electrons. The minimum Gasteiger partial charge on any atom is -0.494 e. The Hall–Kier alpha value is -2.14. The van der Waals surface area contributed by atoms with Crippen molar-refractivity contribution in [2.45, 2.75) is 37.7 Å². The lowest BCUT2D eigenvalue weighted by molar-refractivity contribution is -0.146. The molecule has 0 spiro atoms. The molecule has 1 heterocycles. The fourth-order valence-electron chi connectivity index (χ4n) is 4.09. The number of rotatable bonds is 2. The molecule has 3 unspecified atom stereocenters. The van der Waals surface area contributed by atoms with E-state index in [4.69, 9.17) is 16.3 Å². The summed E-state index contributed by atoms with van der Waals surface area (Å²) >= 11 is 6.01. The summed E-state index contributed by atoms with van der Waals surface area (Å²) in [6.45, 7) is 1.39. The van der Waals surface area contributed by atoms with Crippen LogP contribution in [0.5, 0.6) is 11.8 Å². The van der Waals surface area contributed by atoms with E-state index in [2.05, 4.69) is 0 Å². The number of nitrogens with zero attached hydrogens (tertiary/aromatic N) is 1. The highest BCUT2D eigenvalue weighted by Crippen LogP contribution is 2.61. The van der Waals surface area contributed by atoms with Crippen molar-refractivity contribution in [3.05, 3.63) is 40.4 Å². The Bertz CT molecular complexity index is 813. The van der Waals surface area contributed by atoms with Crippen LogP contribution < -0.4 is 0 Å². The Morgan fingerprint density at radius 3 is 2.70 bits per heavy atom. The first-order valence-corrected chi connectivity index (χ1v) is 7.94. The van der Waals surface area contributed by atoms with Gasteiger partial charge in [0.1, 0.15) is 6.10 Å². The summed E-state index contributed by atoms with van der Waals surface area (Å²) in [7, 11) is 0. The third-order valence-electron chi connectivity index (χ3n) is 4.86. The molecule has 2 aliphatic carbocycles. The predicted molar refractivity (Wildman–Crippen MR) is 84.4 cm³/mol. The Morgan fingerprint density at radius 2 is 2.00 bits per heavy atom. The Morgan fingerprint density at radius 1 is 1.26 bits per heavy atom. The van der Waals surface area contributed by atoms with Crippen molar-refractivity contribution >= 4 is 17.6 Å². The van der Waals surface area contributed by atoms with E-state index >= 15 is 0 Å². The predicted octanol–water partition coefficient (Wildman–Crippen LogP) is 3.45. The third kappa shape index (κ3) is 2.03. The number of aromatic hydroxyl groups is 2. The van der Waals surface area contributed by atoms with Gasteiger partial charge in [-0.15, -0.1) is 0 Å². The molecule has 23 heavy (non-hydrogen) atoms. The van der Waals surface area contributed by atoms with Crippen molar-refractivity contribution < 1.29 is 19.7 Å². The molecular weight excluding hydrogens is 318 g/mol. The van der Waals surface area contributed by atoms with Gasteiger partial charge >= 0.3 is 5.97 Å². The molecule has 4 rings (SSSR count). The van der Waals surface area contributed by atoms with Crippen molar-refractivity contribution in [1.82, 2.24) is 4.57 Å². The summed E-state index contributed by atoms with van der Waals surface area (Å²) in [6, 6.07) is 6.95. The lowest BCUT2D eigenvalue weighted by Gasteiger charge is -2.21. The number of halogens is 1. The number of carbonyl (C=O) groups excluding carboxylic acids is 1. The summed E-state index contributed by atoms with van der Waals surface area (Å²) in [5.41, 5.74) is 2.08. The highest BCUT2D eigenvalue weighted by atomic mass is 35.5. The van der Waals surface area contributed by atoms with E-state index in [0.29, 0.717) is 22.7 Å². The van der Waals surface area contributed by atoms with Gasteiger partial charge in [-0.05, 0) is 37.0 Å². The number of fused-ring (bicyclic) bond motifs is 5. The second-order valence-corrected chi connectivity index (χ2v) is 6.65. The summed E-state index contributed by atoms with van der Waals surface area (Å²) in [4.78, 5) is 11.3. The number of hydrogen-bond acceptors (Lipinski definition) is 4. The third-order valence-corrected chi connectivity index (χ3v) is 5.10. The molecule has 6 heteroatoms. The highest BCUT2D eigenvalue weighted by molar-refractivity contribution is 6.30. The molecule has 1 fully saturated rings. The highest BCUT2D eigenvalue weighted by Gasteiger charge is 2.51. The van der Waals surface area contributed by atoms with Crippen LogP contribution in [0, 0.1) is 0 Å². The molecule has 2 N–H and O–H groups in total. The van der Waals surface area contributed by atoms with Crippen LogP contribution in [0.2, 0.25) is 5.02 Å². The number of carbonyl (C=O) groups is 1. The van der Waals surface area contributed by atoms with Crippen molar-refractivity contribution in [3.8, 4) is 17.4 Å². The molecule has 0 amide bonds. The molecule has 3 atom stereocenters. The summed E-state index contributed by atoms with van der Waals surface area (Å²) in [5.74, 6) is -0.226. The SMILES string of the molecule is CC(=O)OC1CC2CC1c1c2c(O)n(-c2cccc(Cl)c2)c1O. The fourth-order valence-corrected chi connectivity index (χ4v) is 4.28. The van der Waals surface area contributed by atoms with Gasteiger partial charge < -0.3 is 14.9 Å². The van der Waals surface area contributed by atoms with E-state index in [1.807, 2.05) is 0 Å². The number of ether oxygens (including phenoxy) is 1. The maximum Gasteiger partial charge on any atom is 0.302 e. The van der Waals surface area contributed by atoms with E-state index in [1.165, 1.54) is 11.5 Å². The second-order valence-electron chi connectivity index (χ2n) is 6.21. The quantitative estimate of drug-likeness (QED) is 0.826. The molecule has 1 aromatic heterocycles. The van der Waals surface area contributed by atoms with E-state index in [9.17, 15) is 15.0 Å². The van der Waals surface area contributed by atoms with Crippen molar-refractivity contribution in [3.63, 3.8) is 0 Å². The Labute approximate surface area is 138 Å². The largest absolute Gasteiger partial charge is 0.494 e. The van der Waals surface area contributed by atoms with E-state index < -0.39 is 0 Å². The van der Waals surface area contributed by atoms with E-state index in [0.717, 1.165) is 12.0 Å². The van der Waals surface area contributed by atoms with Gasteiger partial charge in [-0.25, -0.2) is 0 Å². The van der Waals surface area contributed by atoms with Crippen LogP contribution in [0.25, 0.3) is 5.69 Å². The zero-order valence-corrected chi connectivity index (χ0v) is 13.2. The second kappa shape index (κ2) is 4.93. The van der Waals surface area contributed by atoms with Crippen LogP contribution >= 0.6 is 11.6 Å². The van der Waals surface area contributed by atoms with Gasteiger partial charge in [0.2, 0.25) is 11.8 Å². The van der Waals surface area contributed by atoms with Crippen LogP contribution in [0.15, 0.2) is 24.3 Å². The van der Waals surface area contributed by atoms with Crippen molar-refractivity contribution in [2.75, 3.05) is 0 Å². The molecule has 1 aromatic carbocycles. The average Bonchev–Trinajstić information content (AvgIpc) is 3.10. The first-order valence-electron chi connectivity index (χ1n) is 7.57. The first kappa shape index (κ1) is 14.5. The van der Waals surface area contributed by atoms with Crippen molar-refractivity contribution in [1.29, 1.82) is 0 Å². The van der Waals surface area contributed by atoms with Gasteiger partial charge in [0, 0.05) is 29.0 Å². The number of esters is 1. The smallest absolute Gasteiger partial charge is 0.302 e. The van der Waals surface area contributed by atoms with Crippen molar-refractivity contribution in [2.24, 2.45) is 0 Å². The molecule has 2 bridgehead atoms. The normalized spacial score (nSPS) is 24.7. The molecular formula is C17H16ClNO4. The lowest BCUT2D eigenvalue weighted by atomic mass is 9.92. The fraction of sp³-hybridized carbons (Fsp3) is 0.353. The van der Waals surface area contributed by atoms with Gasteiger partial charge in [0.05, 0.1) is 5.69 Å². The zero-order chi connectivity index (χ0) is 16.3. The zero-order valence-electron chi connectivity index (χ0n) is 12.5. The molecule has 0 radical (unpaired) electrons. The van der Waals surface area contributed by atoms with E-state index in [-0.39, 0.29) is 35.7 Å². The molecule has 1 saturated carbocycles. The van der Waals surface area contributed by atoms with Gasteiger partial charge in [-0.3, -0.25) is 9.36 Å². The monoisotopic (exact) mass is 333 g/mol. The van der Waals surface area contributed by atoms with Crippen LogP contribution in [0.1, 0.15) is 42.7 Å². The molecule has 5 nitrogen and oxygen atoms in total. The number of hydrogen-bond donors (Lipinski definition) is 2. The minimum atomic E-state index is -0.318. The molecule has 2 aliphatic rings. The van der Waals surface area contributed by atoms with Gasteiger partial charge in [0.25, 0.3) is 0 Å². The number of benzene rings is 1. The standard InChI is InChI=1S/C17H16ClNO4/c1-8(20)23-13-6-9-5-12(13)15-14(9)16(21)19(17(15)22)11-4-2-3-10(18)7-11/h2-4,7,9,12-13,21-22H,5-6H2,1H3. The summed E-state index contributed by atoms with van der Waals surface area (Å²) < 4.78 is 6.78. The number of aromatic nitrogens is 1. The van der Waals surface area contributed by atoms with Gasteiger partial charge in [-0.1, -0.05) is 17.7 Å². The first-order chi connectivity index (χ1) is 11.0. The maximum atomic E-state index is 11.3. The summed E-state index contributed by atoms with van der Waals surface area (Å²) in [6.07, 6.45) is 1.25. The average molecular weight is 334 g/mol. The van der Waals surface area contributed by atoms with Crippen LogP contribution in [-0.2, 0) is 9.53 Å². The Kier molecular flexibility index (Phi) is 3.10. The Balaban J connectivity index is 1.82. The van der Waals surface area contributed by atoms with E-state index in [1.54, 1.807) is 24.3 Å². The maximum absolute atomic E-state index is 11.3. The topological polar surface area (TPSA) is 71.7 Å². The molecule has 0 saturated heterocycles. The minimum absolute atomic E-state index is 0.00381. The summed E-state index contributed by atoms with van der Waals surface area (Å²) in [5, 5.41) is 21.8. The van der Waals surface area contributed by atoms with Crippen LogP contribution in [0.3, 0.4) is 0 Å². The molecule has 0 aliphatic heterocycles. The van der Waals surface area contributed by atoms with Gasteiger partial charge in [-0.2, -0.15) is 0 Å².